The summed E-state index contributed by atoms with van der Waals surface area (Å²) in [4.78, 5) is 11.5. The Morgan fingerprint density at radius 3 is 3.06 bits per heavy atom. The molecule has 0 aliphatic heterocycles. The van der Waals surface area contributed by atoms with Gasteiger partial charge in [-0.25, -0.2) is 0 Å². The molecular weight excluding hydrogens is 282 g/mol. The average Bonchev–Trinajstić information content (AvgIpc) is 3.09. The third-order valence-electron chi connectivity index (χ3n) is 2.92. The van der Waals surface area contributed by atoms with Gasteiger partial charge in [0, 0.05) is 4.47 Å². The zero-order valence-electron chi connectivity index (χ0n) is 9.44. The van der Waals surface area contributed by atoms with E-state index in [9.17, 15) is 4.79 Å². The van der Waals surface area contributed by atoms with Crippen LogP contribution in [0.5, 0.6) is 0 Å². The standard InChI is InChI=1S/C13H12BrNO2/c1-2-17-13(16)12-6-11(12)10-4-3-9(14)5-8(10)7-15/h3-5,11-12H,2,6H2,1H3. The lowest BCUT2D eigenvalue weighted by Crippen LogP contribution is -2.07. The highest BCUT2D eigenvalue weighted by Gasteiger charge is 2.46. The van der Waals surface area contributed by atoms with Crippen LogP contribution in [0.1, 0.15) is 30.4 Å². The van der Waals surface area contributed by atoms with Crippen LogP contribution in [0.25, 0.3) is 0 Å². The predicted octanol–water partition coefficient (Wildman–Crippen LogP) is 2.99. The number of benzene rings is 1. The number of carbonyl (C=O) groups excluding carboxylic acids is 1. The van der Waals surface area contributed by atoms with Gasteiger partial charge in [-0.1, -0.05) is 22.0 Å². The van der Waals surface area contributed by atoms with E-state index in [2.05, 4.69) is 22.0 Å². The van der Waals surface area contributed by atoms with E-state index in [4.69, 9.17) is 10.00 Å². The molecular formula is C13H12BrNO2. The fraction of sp³-hybridized carbons (Fsp3) is 0.385. The van der Waals surface area contributed by atoms with E-state index in [1.54, 1.807) is 13.0 Å². The summed E-state index contributed by atoms with van der Waals surface area (Å²) in [6.45, 7) is 2.21. The number of rotatable bonds is 3. The van der Waals surface area contributed by atoms with Gasteiger partial charge in [-0.15, -0.1) is 0 Å². The van der Waals surface area contributed by atoms with Crippen LogP contribution < -0.4 is 0 Å². The lowest BCUT2D eigenvalue weighted by Gasteiger charge is -2.04. The Kier molecular flexibility index (Phi) is 3.49. The number of hydrogen-bond acceptors (Lipinski definition) is 3. The molecule has 2 atom stereocenters. The number of nitriles is 1. The molecule has 0 amide bonds. The van der Waals surface area contributed by atoms with Gasteiger partial charge in [0.25, 0.3) is 0 Å². The Balaban J connectivity index is 2.16. The van der Waals surface area contributed by atoms with Crippen molar-refractivity contribution >= 4 is 21.9 Å². The fourth-order valence-electron chi connectivity index (χ4n) is 2.00. The fourth-order valence-corrected chi connectivity index (χ4v) is 2.36. The largest absolute Gasteiger partial charge is 0.466 e. The number of carbonyl (C=O) groups is 1. The van der Waals surface area contributed by atoms with Crippen molar-refractivity contribution in [1.29, 1.82) is 5.26 Å². The molecule has 4 heteroatoms. The number of esters is 1. The van der Waals surface area contributed by atoms with Crippen LogP contribution in [-0.4, -0.2) is 12.6 Å². The highest BCUT2D eigenvalue weighted by atomic mass is 79.9. The minimum atomic E-state index is -0.149. The number of halogens is 1. The molecule has 3 nitrogen and oxygen atoms in total. The summed E-state index contributed by atoms with van der Waals surface area (Å²) < 4.78 is 5.86. The zero-order chi connectivity index (χ0) is 12.4. The van der Waals surface area contributed by atoms with Crippen molar-refractivity contribution in [2.75, 3.05) is 6.61 Å². The SMILES string of the molecule is CCOC(=O)C1CC1c1ccc(Br)cc1C#N. The molecule has 0 spiro atoms. The van der Waals surface area contributed by atoms with E-state index in [0.29, 0.717) is 12.2 Å². The molecule has 1 aromatic rings. The van der Waals surface area contributed by atoms with Crippen LogP contribution in [0.3, 0.4) is 0 Å². The third-order valence-corrected chi connectivity index (χ3v) is 3.41. The summed E-state index contributed by atoms with van der Waals surface area (Å²) >= 11 is 3.33. The zero-order valence-corrected chi connectivity index (χ0v) is 11.0. The Hall–Kier alpha value is -1.34. The lowest BCUT2D eigenvalue weighted by molar-refractivity contribution is -0.144. The van der Waals surface area contributed by atoms with E-state index >= 15 is 0 Å². The molecule has 0 aromatic heterocycles. The molecule has 17 heavy (non-hydrogen) atoms. The first-order chi connectivity index (χ1) is 8.17. The van der Waals surface area contributed by atoms with Crippen molar-refractivity contribution in [3.05, 3.63) is 33.8 Å². The topological polar surface area (TPSA) is 50.1 Å². The van der Waals surface area contributed by atoms with E-state index in [-0.39, 0.29) is 17.8 Å². The summed E-state index contributed by atoms with van der Waals surface area (Å²) in [5, 5.41) is 9.06. The Labute approximate surface area is 109 Å². The Morgan fingerprint density at radius 1 is 1.65 bits per heavy atom. The molecule has 1 saturated carbocycles. The second kappa shape index (κ2) is 4.89. The summed E-state index contributed by atoms with van der Waals surface area (Å²) in [6.07, 6.45) is 0.787. The summed E-state index contributed by atoms with van der Waals surface area (Å²) in [5.74, 6) is -0.0654. The van der Waals surface area contributed by atoms with Crippen molar-refractivity contribution in [3.63, 3.8) is 0 Å². The van der Waals surface area contributed by atoms with Crippen molar-refractivity contribution in [3.8, 4) is 6.07 Å². The van der Waals surface area contributed by atoms with Crippen LogP contribution >= 0.6 is 15.9 Å². The van der Waals surface area contributed by atoms with Crippen LogP contribution in [0, 0.1) is 17.2 Å². The van der Waals surface area contributed by atoms with E-state index in [0.717, 1.165) is 16.5 Å². The molecule has 0 N–H and O–H groups in total. The average molecular weight is 294 g/mol. The molecule has 1 aliphatic rings. The smallest absolute Gasteiger partial charge is 0.309 e. The van der Waals surface area contributed by atoms with Crippen LogP contribution in [0.2, 0.25) is 0 Å². The van der Waals surface area contributed by atoms with E-state index < -0.39 is 0 Å². The van der Waals surface area contributed by atoms with Crippen molar-refractivity contribution in [1.82, 2.24) is 0 Å². The van der Waals surface area contributed by atoms with Gasteiger partial charge >= 0.3 is 5.97 Å². The molecule has 88 valence electrons. The highest BCUT2D eigenvalue weighted by molar-refractivity contribution is 9.10. The van der Waals surface area contributed by atoms with Crippen molar-refractivity contribution in [2.24, 2.45) is 5.92 Å². The molecule has 0 radical (unpaired) electrons. The number of hydrogen-bond donors (Lipinski definition) is 0. The van der Waals surface area contributed by atoms with Gasteiger partial charge in [-0.2, -0.15) is 5.26 Å². The highest BCUT2D eigenvalue weighted by Crippen LogP contribution is 2.49. The molecule has 0 saturated heterocycles. The summed E-state index contributed by atoms with van der Waals surface area (Å²) in [5.41, 5.74) is 1.59. The molecule has 2 rings (SSSR count). The first-order valence-electron chi connectivity index (χ1n) is 5.53. The first kappa shape index (κ1) is 12.1. The van der Waals surface area contributed by atoms with Gasteiger partial charge < -0.3 is 4.74 Å². The Morgan fingerprint density at radius 2 is 2.41 bits per heavy atom. The molecule has 1 fully saturated rings. The molecule has 1 aromatic carbocycles. The van der Waals surface area contributed by atoms with E-state index in [1.165, 1.54) is 0 Å². The van der Waals surface area contributed by atoms with Gasteiger partial charge in [0.2, 0.25) is 0 Å². The van der Waals surface area contributed by atoms with Crippen molar-refractivity contribution in [2.45, 2.75) is 19.3 Å². The summed E-state index contributed by atoms with van der Waals surface area (Å²) in [6, 6.07) is 7.76. The quantitative estimate of drug-likeness (QED) is 0.805. The summed E-state index contributed by atoms with van der Waals surface area (Å²) in [7, 11) is 0. The minimum Gasteiger partial charge on any atom is -0.466 e. The molecule has 2 unspecified atom stereocenters. The van der Waals surface area contributed by atoms with Gasteiger partial charge in [-0.05, 0) is 37.0 Å². The molecule has 0 bridgehead atoms. The first-order valence-corrected chi connectivity index (χ1v) is 6.32. The predicted molar refractivity (Wildman–Crippen MR) is 66.3 cm³/mol. The normalized spacial score (nSPS) is 21.7. The third kappa shape index (κ3) is 2.50. The van der Waals surface area contributed by atoms with Crippen LogP contribution in [0.4, 0.5) is 0 Å². The maximum absolute atomic E-state index is 11.5. The number of nitrogens with zero attached hydrogens (tertiary/aromatic N) is 1. The van der Waals surface area contributed by atoms with Crippen LogP contribution in [0.15, 0.2) is 22.7 Å². The monoisotopic (exact) mass is 293 g/mol. The molecule has 0 heterocycles. The maximum atomic E-state index is 11.5. The van der Waals surface area contributed by atoms with Gasteiger partial charge in [0.05, 0.1) is 24.2 Å². The minimum absolute atomic E-state index is 0.0665. The molecule has 1 aliphatic carbocycles. The maximum Gasteiger partial charge on any atom is 0.309 e. The Bertz CT molecular complexity index is 493. The van der Waals surface area contributed by atoms with Gasteiger partial charge in [0.1, 0.15) is 0 Å². The van der Waals surface area contributed by atoms with Crippen LogP contribution in [-0.2, 0) is 9.53 Å². The lowest BCUT2D eigenvalue weighted by atomic mass is 10.0. The van der Waals surface area contributed by atoms with Gasteiger partial charge in [-0.3, -0.25) is 4.79 Å². The van der Waals surface area contributed by atoms with Crippen molar-refractivity contribution < 1.29 is 9.53 Å². The number of ether oxygens (including phenoxy) is 1. The van der Waals surface area contributed by atoms with E-state index in [1.807, 2.05) is 12.1 Å². The second-order valence-electron chi connectivity index (χ2n) is 4.04. The second-order valence-corrected chi connectivity index (χ2v) is 4.96. The van der Waals surface area contributed by atoms with Gasteiger partial charge in [0.15, 0.2) is 0 Å².